The van der Waals surface area contributed by atoms with Crippen LogP contribution in [-0.4, -0.2) is 17.6 Å². The second-order valence-electron chi connectivity index (χ2n) is 5.73. The molecule has 2 nitrogen and oxygen atoms in total. The van der Waals surface area contributed by atoms with Gasteiger partial charge in [-0.15, -0.1) is 0 Å². The Kier molecular flexibility index (Phi) is 4.12. The molecule has 2 heteroatoms. The van der Waals surface area contributed by atoms with Crippen LogP contribution >= 0.6 is 0 Å². The van der Waals surface area contributed by atoms with Gasteiger partial charge in [0, 0.05) is 17.6 Å². The van der Waals surface area contributed by atoms with Crippen LogP contribution in [0.4, 0.5) is 0 Å². The van der Waals surface area contributed by atoms with Gasteiger partial charge < -0.3 is 5.32 Å². The van der Waals surface area contributed by atoms with Gasteiger partial charge in [0.2, 0.25) is 0 Å². The molecule has 0 atom stereocenters. The molecule has 104 valence electrons. The summed E-state index contributed by atoms with van der Waals surface area (Å²) >= 11 is 0. The van der Waals surface area contributed by atoms with Crippen LogP contribution in [0.25, 0.3) is 10.9 Å². The molecule has 0 spiro atoms. The van der Waals surface area contributed by atoms with Crippen LogP contribution in [0.15, 0.2) is 48.2 Å². The van der Waals surface area contributed by atoms with Crippen LogP contribution in [0, 0.1) is 0 Å². The molecule has 2 aromatic rings. The lowest BCUT2D eigenvalue weighted by atomic mass is 10.0. The second-order valence-corrected chi connectivity index (χ2v) is 5.73. The van der Waals surface area contributed by atoms with Crippen molar-refractivity contribution in [3.05, 3.63) is 53.7 Å². The fraction of sp³-hybridized carbons (Fsp3) is 0.389. The number of rotatable bonds is 6. The summed E-state index contributed by atoms with van der Waals surface area (Å²) in [4.78, 5) is 4.42. The number of nitrogens with one attached hydrogen (secondary N) is 1. The topological polar surface area (TPSA) is 24.9 Å². The molecule has 3 rings (SSSR count). The smallest absolute Gasteiger partial charge is 0.0704 e. The number of hydrogen-bond acceptors (Lipinski definition) is 2. The Balaban J connectivity index is 1.63. The van der Waals surface area contributed by atoms with E-state index in [1.165, 1.54) is 29.4 Å². The lowest BCUT2D eigenvalue weighted by molar-refractivity contribution is 0.688. The highest BCUT2D eigenvalue weighted by Gasteiger charge is 2.19. The maximum absolute atomic E-state index is 4.42. The van der Waals surface area contributed by atoms with Crippen molar-refractivity contribution in [2.45, 2.75) is 38.6 Å². The van der Waals surface area contributed by atoms with Crippen molar-refractivity contribution in [1.29, 1.82) is 0 Å². The molecule has 0 aliphatic heterocycles. The molecule has 20 heavy (non-hydrogen) atoms. The lowest BCUT2D eigenvalue weighted by Crippen LogP contribution is -2.16. The third-order valence-electron chi connectivity index (χ3n) is 3.86. The first-order valence-corrected chi connectivity index (χ1v) is 7.54. The molecule has 1 saturated carbocycles. The first kappa shape index (κ1) is 13.3. The molecule has 1 aromatic carbocycles. The Morgan fingerprint density at radius 1 is 1.30 bits per heavy atom. The molecule has 1 aliphatic rings. The molecule has 1 heterocycles. The van der Waals surface area contributed by atoms with Gasteiger partial charge in [-0.2, -0.15) is 0 Å². The van der Waals surface area contributed by atoms with E-state index < -0.39 is 0 Å². The number of nitrogens with zero attached hydrogens (tertiary/aromatic N) is 1. The first-order chi connectivity index (χ1) is 9.83. The SMILES string of the molecule is CC(=CCCNC1CC1)Cc1ccnc2ccccc12. The van der Waals surface area contributed by atoms with Crippen LogP contribution in [0.1, 0.15) is 31.7 Å². The third kappa shape index (κ3) is 3.45. The number of pyridine rings is 1. The van der Waals surface area contributed by atoms with Gasteiger partial charge >= 0.3 is 0 Å². The Morgan fingerprint density at radius 3 is 3.00 bits per heavy atom. The summed E-state index contributed by atoms with van der Waals surface area (Å²) < 4.78 is 0. The number of para-hydroxylation sites is 1. The van der Waals surface area contributed by atoms with Crippen molar-refractivity contribution in [3.63, 3.8) is 0 Å². The van der Waals surface area contributed by atoms with Crippen LogP contribution < -0.4 is 5.32 Å². The zero-order valence-corrected chi connectivity index (χ0v) is 12.1. The number of allylic oxidation sites excluding steroid dienone is 1. The van der Waals surface area contributed by atoms with Gasteiger partial charge in [-0.05, 0) is 56.8 Å². The molecular formula is C18H22N2. The Bertz CT molecular complexity index is 606. The summed E-state index contributed by atoms with van der Waals surface area (Å²) in [6, 6.07) is 11.3. The highest BCUT2D eigenvalue weighted by Crippen LogP contribution is 2.20. The number of hydrogen-bond donors (Lipinski definition) is 1. The zero-order chi connectivity index (χ0) is 13.8. The van der Waals surface area contributed by atoms with E-state index in [-0.39, 0.29) is 0 Å². The summed E-state index contributed by atoms with van der Waals surface area (Å²) in [5.41, 5.74) is 3.91. The van der Waals surface area contributed by atoms with Crippen LogP contribution in [0.3, 0.4) is 0 Å². The average Bonchev–Trinajstić information content (AvgIpc) is 3.28. The van der Waals surface area contributed by atoms with E-state index in [1.807, 2.05) is 12.3 Å². The summed E-state index contributed by atoms with van der Waals surface area (Å²) in [7, 11) is 0. The molecule has 1 fully saturated rings. The Hall–Kier alpha value is -1.67. The summed E-state index contributed by atoms with van der Waals surface area (Å²) in [5.74, 6) is 0. The molecule has 1 aliphatic carbocycles. The summed E-state index contributed by atoms with van der Waals surface area (Å²) in [6.45, 7) is 3.34. The molecule has 0 unspecified atom stereocenters. The molecule has 0 bridgehead atoms. The fourth-order valence-corrected chi connectivity index (χ4v) is 2.58. The minimum Gasteiger partial charge on any atom is -0.314 e. The van der Waals surface area contributed by atoms with E-state index in [2.05, 4.69) is 47.6 Å². The molecule has 0 saturated heterocycles. The van der Waals surface area contributed by atoms with Crippen molar-refractivity contribution in [1.82, 2.24) is 10.3 Å². The fourth-order valence-electron chi connectivity index (χ4n) is 2.58. The number of aromatic nitrogens is 1. The van der Waals surface area contributed by atoms with Gasteiger partial charge in [-0.25, -0.2) is 0 Å². The molecule has 1 aromatic heterocycles. The van der Waals surface area contributed by atoms with Crippen molar-refractivity contribution >= 4 is 10.9 Å². The van der Waals surface area contributed by atoms with Gasteiger partial charge in [-0.1, -0.05) is 29.8 Å². The van der Waals surface area contributed by atoms with Crippen molar-refractivity contribution in [2.75, 3.05) is 6.54 Å². The third-order valence-corrected chi connectivity index (χ3v) is 3.86. The van der Waals surface area contributed by atoms with E-state index in [4.69, 9.17) is 0 Å². The lowest BCUT2D eigenvalue weighted by Gasteiger charge is -2.07. The molecule has 0 radical (unpaired) electrons. The minimum atomic E-state index is 0.813. The predicted molar refractivity (Wildman–Crippen MR) is 84.8 cm³/mol. The van der Waals surface area contributed by atoms with Gasteiger partial charge in [-0.3, -0.25) is 4.98 Å². The number of fused-ring (bicyclic) bond motifs is 1. The standard InChI is InChI=1S/C18H22N2/c1-14(5-4-11-19-16-8-9-16)13-15-10-12-20-18-7-3-2-6-17(15)18/h2-3,5-7,10,12,16,19H,4,8-9,11,13H2,1H3. The van der Waals surface area contributed by atoms with Crippen LogP contribution in [-0.2, 0) is 6.42 Å². The van der Waals surface area contributed by atoms with E-state index >= 15 is 0 Å². The normalized spacial score (nSPS) is 15.8. The second kappa shape index (κ2) is 6.19. The molecule has 0 amide bonds. The quantitative estimate of drug-likeness (QED) is 0.634. The monoisotopic (exact) mass is 266 g/mol. The Labute approximate surface area is 120 Å². The predicted octanol–water partition coefficient (Wildman–Crippen LogP) is 3.87. The summed E-state index contributed by atoms with van der Waals surface area (Å²) in [5, 5.41) is 4.83. The first-order valence-electron chi connectivity index (χ1n) is 7.54. The molecule has 1 N–H and O–H groups in total. The minimum absolute atomic E-state index is 0.813. The van der Waals surface area contributed by atoms with Gasteiger partial charge in [0.1, 0.15) is 0 Å². The van der Waals surface area contributed by atoms with E-state index in [0.717, 1.165) is 30.9 Å². The van der Waals surface area contributed by atoms with Crippen LogP contribution in [0.2, 0.25) is 0 Å². The maximum Gasteiger partial charge on any atom is 0.0704 e. The van der Waals surface area contributed by atoms with E-state index in [1.54, 1.807) is 0 Å². The zero-order valence-electron chi connectivity index (χ0n) is 12.1. The Morgan fingerprint density at radius 2 is 2.15 bits per heavy atom. The van der Waals surface area contributed by atoms with E-state index in [9.17, 15) is 0 Å². The largest absolute Gasteiger partial charge is 0.314 e. The maximum atomic E-state index is 4.42. The average molecular weight is 266 g/mol. The molecular weight excluding hydrogens is 244 g/mol. The highest BCUT2D eigenvalue weighted by atomic mass is 14.9. The van der Waals surface area contributed by atoms with Crippen molar-refractivity contribution < 1.29 is 0 Å². The van der Waals surface area contributed by atoms with Crippen LogP contribution in [0.5, 0.6) is 0 Å². The van der Waals surface area contributed by atoms with Crippen molar-refractivity contribution in [2.24, 2.45) is 0 Å². The van der Waals surface area contributed by atoms with Crippen molar-refractivity contribution in [3.8, 4) is 0 Å². The highest BCUT2D eigenvalue weighted by molar-refractivity contribution is 5.82. The number of benzene rings is 1. The van der Waals surface area contributed by atoms with Gasteiger partial charge in [0.15, 0.2) is 0 Å². The summed E-state index contributed by atoms with van der Waals surface area (Å²) in [6.07, 6.45) is 9.17. The van der Waals surface area contributed by atoms with Gasteiger partial charge in [0.05, 0.1) is 5.52 Å². The van der Waals surface area contributed by atoms with Gasteiger partial charge in [0.25, 0.3) is 0 Å². The van der Waals surface area contributed by atoms with E-state index in [0.29, 0.717) is 0 Å².